The van der Waals surface area contributed by atoms with Crippen molar-refractivity contribution in [1.29, 1.82) is 0 Å². The number of carbonyl (C=O) groups is 1. The van der Waals surface area contributed by atoms with Gasteiger partial charge >= 0.3 is 0 Å². The molecule has 0 aliphatic carbocycles. The summed E-state index contributed by atoms with van der Waals surface area (Å²) in [7, 11) is 1.97. The van der Waals surface area contributed by atoms with Gasteiger partial charge in [0.25, 0.3) is 0 Å². The van der Waals surface area contributed by atoms with Gasteiger partial charge in [0.05, 0.1) is 11.8 Å². The van der Waals surface area contributed by atoms with Crippen molar-refractivity contribution in [1.82, 2.24) is 19.3 Å². The largest absolute Gasteiger partial charge is 0.338 e. The van der Waals surface area contributed by atoms with E-state index in [-0.39, 0.29) is 5.78 Å². The summed E-state index contributed by atoms with van der Waals surface area (Å²) < 4.78 is 3.78. The van der Waals surface area contributed by atoms with Gasteiger partial charge in [-0.25, -0.2) is 4.98 Å². The fourth-order valence-corrected chi connectivity index (χ4v) is 1.69. The Bertz CT molecular complexity index is 512. The van der Waals surface area contributed by atoms with Gasteiger partial charge in [-0.15, -0.1) is 0 Å². The topological polar surface area (TPSA) is 52.7 Å². The Morgan fingerprint density at radius 2 is 2.29 bits per heavy atom. The number of carbonyl (C=O) groups excluding carboxylic acids is 1. The Kier molecular flexibility index (Phi) is 3.37. The van der Waals surface area contributed by atoms with E-state index >= 15 is 0 Å². The summed E-state index contributed by atoms with van der Waals surface area (Å²) in [5.74, 6) is 1.15. The highest BCUT2D eigenvalue weighted by Gasteiger charge is 2.06. The van der Waals surface area contributed by atoms with E-state index in [9.17, 15) is 4.79 Å². The van der Waals surface area contributed by atoms with Crippen LogP contribution in [0.1, 0.15) is 29.5 Å². The molecule has 0 bridgehead atoms. The van der Waals surface area contributed by atoms with Gasteiger partial charge in [0.15, 0.2) is 5.78 Å². The van der Waals surface area contributed by atoms with Crippen LogP contribution in [0.4, 0.5) is 0 Å². The van der Waals surface area contributed by atoms with Gasteiger partial charge in [0, 0.05) is 45.0 Å². The minimum absolute atomic E-state index is 0.133. The zero-order valence-electron chi connectivity index (χ0n) is 10.1. The van der Waals surface area contributed by atoms with E-state index in [4.69, 9.17) is 0 Å². The summed E-state index contributed by atoms with van der Waals surface area (Å²) in [5.41, 5.74) is 0.687. The first kappa shape index (κ1) is 11.6. The molecule has 0 saturated carbocycles. The quantitative estimate of drug-likeness (QED) is 0.733. The third-order valence-electron chi connectivity index (χ3n) is 2.76. The first-order valence-corrected chi connectivity index (χ1v) is 5.72. The van der Waals surface area contributed by atoms with Crippen molar-refractivity contribution < 1.29 is 4.79 Å². The van der Waals surface area contributed by atoms with E-state index in [1.165, 1.54) is 0 Å². The Morgan fingerprint density at radius 1 is 1.47 bits per heavy atom. The molecule has 5 nitrogen and oxygen atoms in total. The molecule has 0 radical (unpaired) electrons. The second-order valence-electron chi connectivity index (χ2n) is 3.97. The number of aryl methyl sites for hydroxylation is 3. The van der Waals surface area contributed by atoms with Crippen LogP contribution in [0, 0.1) is 0 Å². The van der Waals surface area contributed by atoms with Crippen molar-refractivity contribution in [3.8, 4) is 0 Å². The predicted octanol–water partition coefficient (Wildman–Crippen LogP) is 1.45. The first-order chi connectivity index (χ1) is 8.20. The number of aromatic nitrogens is 4. The molecule has 0 aliphatic rings. The third-order valence-corrected chi connectivity index (χ3v) is 2.76. The van der Waals surface area contributed by atoms with E-state index in [2.05, 4.69) is 10.1 Å². The fraction of sp³-hybridized carbons (Fsp3) is 0.417. The minimum atomic E-state index is 0.133. The van der Waals surface area contributed by atoms with Crippen LogP contribution < -0.4 is 0 Å². The molecule has 0 N–H and O–H groups in total. The Morgan fingerprint density at radius 3 is 2.94 bits per heavy atom. The van der Waals surface area contributed by atoms with E-state index in [1.54, 1.807) is 23.3 Å². The number of Topliss-reactive ketones (excluding diaryl/α,β-unsaturated/α-hetero) is 1. The smallest absolute Gasteiger partial charge is 0.165 e. The first-order valence-electron chi connectivity index (χ1n) is 5.72. The second-order valence-corrected chi connectivity index (χ2v) is 3.97. The summed E-state index contributed by atoms with van der Waals surface area (Å²) in [4.78, 5) is 15.7. The van der Waals surface area contributed by atoms with Gasteiger partial charge in [-0.05, 0) is 0 Å². The van der Waals surface area contributed by atoms with Gasteiger partial charge in [0.1, 0.15) is 5.82 Å². The molecule has 2 heterocycles. The highest BCUT2D eigenvalue weighted by atomic mass is 16.1. The summed E-state index contributed by atoms with van der Waals surface area (Å²) in [6, 6.07) is 0. The molecule has 0 atom stereocenters. The van der Waals surface area contributed by atoms with Gasteiger partial charge in [-0.3, -0.25) is 9.48 Å². The summed E-state index contributed by atoms with van der Waals surface area (Å²) in [5, 5.41) is 4.17. The van der Waals surface area contributed by atoms with Crippen LogP contribution in [0.5, 0.6) is 0 Å². The zero-order chi connectivity index (χ0) is 12.3. The lowest BCUT2D eigenvalue weighted by molar-refractivity contribution is 0.0988. The predicted molar refractivity (Wildman–Crippen MR) is 63.8 cm³/mol. The molecule has 0 unspecified atom stereocenters. The van der Waals surface area contributed by atoms with E-state index in [0.29, 0.717) is 12.0 Å². The molecule has 0 aliphatic heterocycles. The van der Waals surface area contributed by atoms with Gasteiger partial charge in [-0.2, -0.15) is 5.10 Å². The van der Waals surface area contributed by atoms with Gasteiger partial charge < -0.3 is 4.57 Å². The van der Waals surface area contributed by atoms with Crippen molar-refractivity contribution in [2.45, 2.75) is 26.3 Å². The SMILES string of the molecule is CCC(=O)c1cnn(CCc2nccn2C)c1. The Balaban J connectivity index is 1.98. The lowest BCUT2D eigenvalue weighted by atomic mass is 10.2. The Hall–Kier alpha value is -1.91. The molecule has 2 aromatic heterocycles. The van der Waals surface area contributed by atoms with Crippen LogP contribution >= 0.6 is 0 Å². The molecule has 0 amide bonds. The monoisotopic (exact) mass is 232 g/mol. The molecule has 0 spiro atoms. The standard InChI is InChI=1S/C12H16N4O/c1-3-11(17)10-8-14-16(9-10)6-4-12-13-5-7-15(12)2/h5,7-9H,3-4,6H2,1-2H3. The van der Waals surface area contributed by atoms with E-state index in [0.717, 1.165) is 18.8 Å². The molecule has 0 saturated heterocycles. The number of imidazole rings is 1. The molecule has 0 aromatic carbocycles. The maximum atomic E-state index is 11.4. The molecule has 0 fully saturated rings. The molecule has 17 heavy (non-hydrogen) atoms. The highest BCUT2D eigenvalue weighted by molar-refractivity contribution is 5.95. The second kappa shape index (κ2) is 4.95. The minimum Gasteiger partial charge on any atom is -0.338 e. The van der Waals surface area contributed by atoms with Gasteiger partial charge in [-0.1, -0.05) is 6.92 Å². The van der Waals surface area contributed by atoms with E-state index < -0.39 is 0 Å². The van der Waals surface area contributed by atoms with Crippen LogP contribution in [0.2, 0.25) is 0 Å². The van der Waals surface area contributed by atoms with Crippen LogP contribution in [-0.2, 0) is 20.0 Å². The number of hydrogen-bond donors (Lipinski definition) is 0. The number of ketones is 1. The van der Waals surface area contributed by atoms with Crippen molar-refractivity contribution in [3.05, 3.63) is 36.2 Å². The maximum Gasteiger partial charge on any atom is 0.165 e. The van der Waals surface area contributed by atoms with Crippen LogP contribution in [0.3, 0.4) is 0 Å². The Labute approximate surface area is 100 Å². The molecular weight excluding hydrogens is 216 g/mol. The summed E-state index contributed by atoms with van der Waals surface area (Å²) >= 11 is 0. The lowest BCUT2D eigenvalue weighted by Gasteiger charge is -2.01. The average Bonchev–Trinajstić information content (AvgIpc) is 2.94. The fourth-order valence-electron chi connectivity index (χ4n) is 1.69. The molecule has 2 aromatic rings. The number of hydrogen-bond acceptors (Lipinski definition) is 3. The highest BCUT2D eigenvalue weighted by Crippen LogP contribution is 2.03. The van der Waals surface area contributed by atoms with Crippen LogP contribution in [0.15, 0.2) is 24.8 Å². The van der Waals surface area contributed by atoms with Crippen molar-refractivity contribution in [2.75, 3.05) is 0 Å². The zero-order valence-corrected chi connectivity index (χ0v) is 10.1. The number of rotatable bonds is 5. The van der Waals surface area contributed by atoms with Crippen LogP contribution in [0.25, 0.3) is 0 Å². The maximum absolute atomic E-state index is 11.4. The number of nitrogens with zero attached hydrogens (tertiary/aromatic N) is 4. The van der Waals surface area contributed by atoms with Gasteiger partial charge in [0.2, 0.25) is 0 Å². The summed E-state index contributed by atoms with van der Waals surface area (Å²) in [6.45, 7) is 2.59. The van der Waals surface area contributed by atoms with Crippen molar-refractivity contribution in [2.24, 2.45) is 7.05 Å². The third kappa shape index (κ3) is 2.61. The van der Waals surface area contributed by atoms with Crippen molar-refractivity contribution in [3.63, 3.8) is 0 Å². The van der Waals surface area contributed by atoms with E-state index in [1.807, 2.05) is 24.7 Å². The normalized spacial score (nSPS) is 10.7. The summed E-state index contributed by atoms with van der Waals surface area (Å²) in [6.07, 6.45) is 8.46. The molecular formula is C12H16N4O. The molecule has 2 rings (SSSR count). The molecule has 5 heteroatoms. The molecule has 90 valence electrons. The van der Waals surface area contributed by atoms with Crippen LogP contribution in [-0.4, -0.2) is 25.1 Å². The average molecular weight is 232 g/mol. The lowest BCUT2D eigenvalue weighted by Crippen LogP contribution is -2.06. The van der Waals surface area contributed by atoms with Crippen molar-refractivity contribution >= 4 is 5.78 Å².